The quantitative estimate of drug-likeness (QED) is 0.245. The number of likely N-dealkylation sites (tertiary alicyclic amines) is 1. The summed E-state index contributed by atoms with van der Waals surface area (Å²) in [6.07, 6.45) is 12.7. The van der Waals surface area contributed by atoms with Gasteiger partial charge in [0.05, 0.1) is 18.0 Å². The van der Waals surface area contributed by atoms with Crippen LogP contribution in [0.25, 0.3) is 0 Å². The minimum Gasteiger partial charge on any atom is -0.451 e. The van der Waals surface area contributed by atoms with Crippen molar-refractivity contribution in [1.29, 1.82) is 0 Å². The molecule has 2 aromatic heterocycles. The monoisotopic (exact) mass is 661 g/mol. The molecule has 48 heavy (non-hydrogen) atoms. The van der Waals surface area contributed by atoms with Crippen LogP contribution < -0.4 is 15.0 Å². The van der Waals surface area contributed by atoms with E-state index in [2.05, 4.69) is 30.1 Å². The summed E-state index contributed by atoms with van der Waals surface area (Å²) in [6.45, 7) is 12.8. The van der Waals surface area contributed by atoms with Crippen LogP contribution >= 0.6 is 0 Å². The first-order valence-corrected chi connectivity index (χ1v) is 17.5. The first-order chi connectivity index (χ1) is 23.1. The second-order valence-electron chi connectivity index (χ2n) is 14.5. The molecular formula is C37H49F2N7O2. The molecule has 2 saturated heterocycles. The Morgan fingerprint density at radius 2 is 1.67 bits per heavy atom. The molecule has 0 bridgehead atoms. The largest absolute Gasteiger partial charge is 0.451 e. The lowest BCUT2D eigenvalue weighted by molar-refractivity contribution is 0.0584. The maximum absolute atomic E-state index is 14.4. The molecule has 3 aliphatic rings. The first kappa shape index (κ1) is 34.0. The summed E-state index contributed by atoms with van der Waals surface area (Å²) in [6, 6.07) is 7.55. The molecule has 1 amide bonds. The van der Waals surface area contributed by atoms with Crippen LogP contribution in [0.3, 0.4) is 0 Å². The number of carbonyl (C=O) groups is 1. The van der Waals surface area contributed by atoms with E-state index in [0.717, 1.165) is 57.8 Å². The van der Waals surface area contributed by atoms with E-state index >= 15 is 0 Å². The summed E-state index contributed by atoms with van der Waals surface area (Å²) in [7, 11) is 0. The van der Waals surface area contributed by atoms with Gasteiger partial charge in [0.15, 0.2) is 11.6 Å². The molecule has 1 saturated carbocycles. The third-order valence-electron chi connectivity index (χ3n) is 10.5. The zero-order valence-corrected chi connectivity index (χ0v) is 28.7. The molecule has 6 rings (SSSR count). The average molecular weight is 662 g/mol. The molecule has 9 nitrogen and oxygen atoms in total. The highest BCUT2D eigenvalue weighted by Gasteiger charge is 2.39. The Morgan fingerprint density at radius 1 is 0.938 bits per heavy atom. The van der Waals surface area contributed by atoms with Gasteiger partial charge in [0, 0.05) is 37.8 Å². The van der Waals surface area contributed by atoms with Gasteiger partial charge in [-0.05, 0) is 127 Å². The molecule has 1 aromatic carbocycles. The lowest BCUT2D eigenvalue weighted by Crippen LogP contribution is -2.45. The van der Waals surface area contributed by atoms with Gasteiger partial charge in [0.25, 0.3) is 5.91 Å². The van der Waals surface area contributed by atoms with Crippen molar-refractivity contribution in [2.45, 2.75) is 90.8 Å². The van der Waals surface area contributed by atoms with Crippen LogP contribution in [0.5, 0.6) is 11.5 Å². The molecule has 258 valence electrons. The van der Waals surface area contributed by atoms with Crippen LogP contribution in [0.4, 0.5) is 20.4 Å². The topological polar surface area (TPSA) is 86.7 Å². The van der Waals surface area contributed by atoms with E-state index in [9.17, 15) is 13.6 Å². The zero-order valence-electron chi connectivity index (χ0n) is 28.7. The van der Waals surface area contributed by atoms with Gasteiger partial charge in [0.2, 0.25) is 0 Å². The number of aromatic nitrogens is 3. The van der Waals surface area contributed by atoms with Crippen molar-refractivity contribution in [2.24, 2.45) is 11.3 Å². The molecule has 0 radical (unpaired) electrons. The fourth-order valence-electron chi connectivity index (χ4n) is 8.00. The van der Waals surface area contributed by atoms with E-state index < -0.39 is 5.82 Å². The van der Waals surface area contributed by atoms with Crippen molar-refractivity contribution in [1.82, 2.24) is 24.8 Å². The minimum atomic E-state index is -0.488. The van der Waals surface area contributed by atoms with Crippen molar-refractivity contribution in [2.75, 3.05) is 42.9 Å². The summed E-state index contributed by atoms with van der Waals surface area (Å²) < 4.78 is 33.9. The maximum Gasteiger partial charge on any atom is 0.258 e. The van der Waals surface area contributed by atoms with Crippen molar-refractivity contribution >= 4 is 17.5 Å². The van der Waals surface area contributed by atoms with E-state index in [1.54, 1.807) is 17.2 Å². The number of anilines is 2. The Labute approximate surface area is 283 Å². The maximum atomic E-state index is 14.4. The number of nitrogens with one attached hydrogen (secondary N) is 1. The second-order valence-corrected chi connectivity index (χ2v) is 14.5. The van der Waals surface area contributed by atoms with Crippen LogP contribution in [0, 0.1) is 23.0 Å². The van der Waals surface area contributed by atoms with E-state index in [1.807, 2.05) is 27.7 Å². The molecule has 1 spiro atoms. The zero-order chi connectivity index (χ0) is 33.8. The molecule has 4 heterocycles. The standard InChI is InChI=1S/C37H49F2N7O2/c1-25(2)46(26(3)4)36(47)31-19-28(38)5-7-32(31)48-33-21-40-24-42-35(33)45-16-11-27(23-45)22-44-17-14-37(15-18-44)12-9-30(10-13-37)43-34-8-6-29(39)20-41-34/h5-8,19-21,24-27,30H,9-18,22-23H2,1-4H3,(H,41,43)/t27-/m0/s1. The van der Waals surface area contributed by atoms with E-state index in [4.69, 9.17) is 4.74 Å². The number of carbonyl (C=O) groups excluding carboxylic acids is 1. The first-order valence-electron chi connectivity index (χ1n) is 17.5. The van der Waals surface area contributed by atoms with E-state index in [-0.39, 0.29) is 29.4 Å². The highest BCUT2D eigenvalue weighted by molar-refractivity contribution is 5.97. The number of piperidine rings is 1. The number of ether oxygens (including phenoxy) is 1. The van der Waals surface area contributed by atoms with Crippen LogP contribution in [-0.2, 0) is 0 Å². The number of rotatable bonds is 10. The summed E-state index contributed by atoms with van der Waals surface area (Å²) in [5, 5.41) is 3.50. The number of nitrogens with zero attached hydrogens (tertiary/aromatic N) is 6. The van der Waals surface area contributed by atoms with Crippen LogP contribution in [0.15, 0.2) is 49.1 Å². The number of amides is 1. The normalized spacial score (nSPS) is 20.1. The number of benzene rings is 1. The lowest BCUT2D eigenvalue weighted by atomic mass is 9.67. The van der Waals surface area contributed by atoms with Gasteiger partial charge < -0.3 is 24.8 Å². The number of halogens is 2. The fraction of sp³-hybridized carbons (Fsp3) is 0.568. The number of hydrogen-bond acceptors (Lipinski definition) is 8. The molecule has 1 aliphatic carbocycles. The number of hydrogen-bond donors (Lipinski definition) is 1. The minimum absolute atomic E-state index is 0.0552. The summed E-state index contributed by atoms with van der Waals surface area (Å²) in [4.78, 5) is 33.2. The molecule has 11 heteroatoms. The highest BCUT2D eigenvalue weighted by Crippen LogP contribution is 2.45. The average Bonchev–Trinajstić information content (AvgIpc) is 3.53. The third-order valence-corrected chi connectivity index (χ3v) is 10.5. The van der Waals surface area contributed by atoms with Gasteiger partial charge in [0.1, 0.15) is 29.5 Å². The van der Waals surface area contributed by atoms with Crippen LogP contribution in [-0.4, -0.2) is 81.5 Å². The van der Waals surface area contributed by atoms with Gasteiger partial charge in [-0.1, -0.05) is 0 Å². The Kier molecular flexibility index (Phi) is 10.4. The van der Waals surface area contributed by atoms with Gasteiger partial charge >= 0.3 is 0 Å². The van der Waals surface area contributed by atoms with Crippen LogP contribution in [0.1, 0.15) is 83.0 Å². The molecule has 3 aromatic rings. The predicted octanol–water partition coefficient (Wildman–Crippen LogP) is 7.16. The summed E-state index contributed by atoms with van der Waals surface area (Å²) in [5.74, 6) is 1.64. The van der Waals surface area contributed by atoms with Gasteiger partial charge in [-0.25, -0.2) is 23.7 Å². The van der Waals surface area contributed by atoms with Gasteiger partial charge in [-0.2, -0.15) is 0 Å². The molecule has 2 aliphatic heterocycles. The SMILES string of the molecule is CC(C)N(C(=O)c1cc(F)ccc1Oc1cncnc1N1CC[C@@H](CN2CCC3(CCC(Nc4ccc(F)cn4)CC3)CC2)C1)C(C)C. The second kappa shape index (κ2) is 14.7. The third kappa shape index (κ3) is 7.88. The van der Waals surface area contributed by atoms with Gasteiger partial charge in [-0.15, -0.1) is 0 Å². The Bertz CT molecular complexity index is 1530. The fourth-order valence-corrected chi connectivity index (χ4v) is 8.00. The van der Waals surface area contributed by atoms with Crippen molar-refractivity contribution in [3.05, 3.63) is 66.3 Å². The Morgan fingerprint density at radius 3 is 2.35 bits per heavy atom. The molecule has 3 fully saturated rings. The van der Waals surface area contributed by atoms with Crippen molar-refractivity contribution in [3.63, 3.8) is 0 Å². The van der Waals surface area contributed by atoms with Gasteiger partial charge in [-0.3, -0.25) is 4.79 Å². The highest BCUT2D eigenvalue weighted by atomic mass is 19.1. The van der Waals surface area contributed by atoms with E-state index in [1.165, 1.54) is 62.5 Å². The molecule has 0 unspecified atom stereocenters. The van der Waals surface area contributed by atoms with Crippen molar-refractivity contribution in [3.8, 4) is 11.5 Å². The Balaban J connectivity index is 1.03. The summed E-state index contributed by atoms with van der Waals surface area (Å²) in [5.41, 5.74) is 0.617. The lowest BCUT2D eigenvalue weighted by Gasteiger charge is -2.46. The molecule has 1 atom stereocenters. The smallest absolute Gasteiger partial charge is 0.258 e. The van der Waals surface area contributed by atoms with Crippen molar-refractivity contribution < 1.29 is 18.3 Å². The number of pyridine rings is 1. The molecule has 1 N–H and O–H groups in total. The van der Waals surface area contributed by atoms with E-state index in [0.29, 0.717) is 34.7 Å². The predicted molar refractivity (Wildman–Crippen MR) is 183 cm³/mol. The summed E-state index contributed by atoms with van der Waals surface area (Å²) >= 11 is 0. The van der Waals surface area contributed by atoms with Crippen LogP contribution in [0.2, 0.25) is 0 Å². The Hall–Kier alpha value is -3.86. The molecular weight excluding hydrogens is 612 g/mol.